The van der Waals surface area contributed by atoms with Crippen molar-refractivity contribution in [3.63, 3.8) is 0 Å². The minimum absolute atomic E-state index is 0.540. The molecule has 0 amide bonds. The summed E-state index contributed by atoms with van der Waals surface area (Å²) in [6.07, 6.45) is 11.3. The molecule has 0 aromatic rings. The SMILES string of the molecule is C#CP(C#C)CC(C)C. The molecule has 0 fully saturated rings. The summed E-state index contributed by atoms with van der Waals surface area (Å²) < 4.78 is 0. The predicted molar refractivity (Wildman–Crippen MR) is 44.3 cm³/mol. The zero-order valence-corrected chi connectivity index (χ0v) is 6.78. The monoisotopic (exact) mass is 138 g/mol. The van der Waals surface area contributed by atoms with Crippen LogP contribution in [0.5, 0.6) is 0 Å². The summed E-state index contributed by atoms with van der Waals surface area (Å²) >= 11 is 0. The van der Waals surface area contributed by atoms with Crippen LogP contribution in [0.2, 0.25) is 0 Å². The molecule has 0 nitrogen and oxygen atoms in total. The fourth-order valence-corrected chi connectivity index (χ4v) is 1.52. The Kier molecular flexibility index (Phi) is 4.21. The van der Waals surface area contributed by atoms with Crippen LogP contribution in [0.25, 0.3) is 0 Å². The van der Waals surface area contributed by atoms with Gasteiger partial charge in [0.25, 0.3) is 0 Å². The van der Waals surface area contributed by atoms with Gasteiger partial charge in [-0.2, -0.15) is 0 Å². The number of hydrogen-bond acceptors (Lipinski definition) is 0. The van der Waals surface area contributed by atoms with Crippen LogP contribution in [0.15, 0.2) is 0 Å². The highest BCUT2D eigenvalue weighted by molar-refractivity contribution is 7.67. The third-order valence-electron chi connectivity index (χ3n) is 0.859. The highest BCUT2D eigenvalue weighted by Crippen LogP contribution is 2.33. The molecular weight excluding hydrogens is 127 g/mol. The van der Waals surface area contributed by atoms with Crippen LogP contribution in [0.1, 0.15) is 13.8 Å². The van der Waals surface area contributed by atoms with Gasteiger partial charge in [-0.15, -0.1) is 12.8 Å². The Morgan fingerprint density at radius 1 is 1.33 bits per heavy atom. The summed E-state index contributed by atoms with van der Waals surface area (Å²) in [5, 5.41) is 0. The van der Waals surface area contributed by atoms with Crippen molar-refractivity contribution >= 4 is 7.92 Å². The van der Waals surface area contributed by atoms with E-state index in [0.717, 1.165) is 6.16 Å². The lowest BCUT2D eigenvalue weighted by Gasteiger charge is -2.04. The van der Waals surface area contributed by atoms with E-state index in [2.05, 4.69) is 25.2 Å². The van der Waals surface area contributed by atoms with E-state index in [1.54, 1.807) is 0 Å². The van der Waals surface area contributed by atoms with Gasteiger partial charge in [0, 0.05) is 7.92 Å². The van der Waals surface area contributed by atoms with Crippen LogP contribution >= 0.6 is 7.92 Å². The van der Waals surface area contributed by atoms with Gasteiger partial charge < -0.3 is 0 Å². The van der Waals surface area contributed by atoms with Gasteiger partial charge >= 0.3 is 0 Å². The van der Waals surface area contributed by atoms with Crippen molar-refractivity contribution in [3.05, 3.63) is 0 Å². The molecule has 0 heterocycles. The maximum atomic E-state index is 5.17. The average Bonchev–Trinajstić information content (AvgIpc) is 1.82. The van der Waals surface area contributed by atoms with Crippen LogP contribution in [-0.2, 0) is 0 Å². The average molecular weight is 138 g/mol. The molecule has 0 unspecified atom stereocenters. The van der Waals surface area contributed by atoms with Crippen molar-refractivity contribution in [2.24, 2.45) is 5.92 Å². The second-order valence-corrected chi connectivity index (χ2v) is 4.00. The smallest absolute Gasteiger partial charge is 0.0498 e. The molecule has 0 aromatic carbocycles. The molecule has 0 spiro atoms. The molecule has 0 aliphatic rings. The number of terminal acetylenes is 2. The number of rotatable bonds is 2. The van der Waals surface area contributed by atoms with Gasteiger partial charge in [-0.25, -0.2) is 0 Å². The Bertz CT molecular complexity index is 131. The minimum atomic E-state index is -0.540. The van der Waals surface area contributed by atoms with Crippen molar-refractivity contribution < 1.29 is 0 Å². The van der Waals surface area contributed by atoms with Gasteiger partial charge in [-0.3, -0.25) is 0 Å². The van der Waals surface area contributed by atoms with Gasteiger partial charge in [0.15, 0.2) is 0 Å². The van der Waals surface area contributed by atoms with Crippen molar-refractivity contribution in [2.45, 2.75) is 13.8 Å². The second-order valence-electron chi connectivity index (χ2n) is 2.26. The second kappa shape index (κ2) is 4.43. The Morgan fingerprint density at radius 3 is 1.89 bits per heavy atom. The fraction of sp³-hybridized carbons (Fsp3) is 0.500. The predicted octanol–water partition coefficient (Wildman–Crippen LogP) is 2.31. The van der Waals surface area contributed by atoms with E-state index in [9.17, 15) is 0 Å². The molecule has 0 aliphatic carbocycles. The zero-order chi connectivity index (χ0) is 7.28. The van der Waals surface area contributed by atoms with E-state index in [1.807, 2.05) is 0 Å². The van der Waals surface area contributed by atoms with E-state index in [-0.39, 0.29) is 0 Å². The van der Waals surface area contributed by atoms with Crippen molar-refractivity contribution in [2.75, 3.05) is 6.16 Å². The Hall–Kier alpha value is -0.450. The van der Waals surface area contributed by atoms with Gasteiger partial charge in [-0.1, -0.05) is 25.2 Å². The van der Waals surface area contributed by atoms with E-state index in [0.29, 0.717) is 5.92 Å². The highest BCUT2D eigenvalue weighted by Gasteiger charge is 2.01. The lowest BCUT2D eigenvalue weighted by Crippen LogP contribution is -1.90. The van der Waals surface area contributed by atoms with Crippen molar-refractivity contribution in [1.82, 2.24) is 0 Å². The van der Waals surface area contributed by atoms with E-state index in [4.69, 9.17) is 12.8 Å². The zero-order valence-electron chi connectivity index (χ0n) is 5.89. The Balaban J connectivity index is 3.64. The van der Waals surface area contributed by atoms with E-state index in [1.165, 1.54) is 0 Å². The summed E-state index contributed by atoms with van der Waals surface area (Å²) in [4.78, 5) is 0. The third-order valence-corrected chi connectivity index (χ3v) is 2.58. The molecule has 0 bridgehead atoms. The van der Waals surface area contributed by atoms with E-state index >= 15 is 0 Å². The molecule has 0 aliphatic heterocycles. The standard InChI is InChI=1S/C8H11P/c1-5-9(6-2)7-8(3)4/h1-2,8H,7H2,3-4H3. The maximum Gasteiger partial charge on any atom is 0.0498 e. The van der Waals surface area contributed by atoms with Crippen LogP contribution in [0.4, 0.5) is 0 Å². The molecule has 9 heavy (non-hydrogen) atoms. The molecule has 0 rings (SSSR count). The molecule has 0 radical (unpaired) electrons. The molecule has 0 saturated carbocycles. The summed E-state index contributed by atoms with van der Waals surface area (Å²) in [7, 11) is -0.540. The molecular formula is C8H11P. The van der Waals surface area contributed by atoms with Crippen LogP contribution < -0.4 is 0 Å². The first kappa shape index (κ1) is 8.55. The van der Waals surface area contributed by atoms with Crippen molar-refractivity contribution in [3.8, 4) is 24.2 Å². The minimum Gasteiger partial charge on any atom is -0.114 e. The molecule has 0 aromatic heterocycles. The lowest BCUT2D eigenvalue weighted by molar-refractivity contribution is 0.747. The fourth-order valence-electron chi connectivity index (χ4n) is 0.508. The largest absolute Gasteiger partial charge is 0.114 e. The summed E-state index contributed by atoms with van der Waals surface area (Å²) in [6, 6.07) is 0. The Morgan fingerprint density at radius 2 is 1.78 bits per heavy atom. The van der Waals surface area contributed by atoms with Gasteiger partial charge in [-0.05, 0) is 12.1 Å². The van der Waals surface area contributed by atoms with Gasteiger partial charge in [0.05, 0.1) is 0 Å². The first-order valence-electron chi connectivity index (χ1n) is 2.90. The summed E-state index contributed by atoms with van der Waals surface area (Å²) in [5.74, 6) is 0.628. The molecule has 0 atom stereocenters. The molecule has 1 heteroatoms. The quantitative estimate of drug-likeness (QED) is 0.405. The normalized spacial score (nSPS) is 9.11. The van der Waals surface area contributed by atoms with Crippen LogP contribution in [-0.4, -0.2) is 6.16 Å². The summed E-state index contributed by atoms with van der Waals surface area (Å²) in [5.41, 5.74) is 5.22. The third kappa shape index (κ3) is 4.08. The first-order chi connectivity index (χ1) is 4.20. The first-order valence-corrected chi connectivity index (χ1v) is 4.43. The molecule has 48 valence electrons. The molecule has 0 saturated heterocycles. The summed E-state index contributed by atoms with van der Waals surface area (Å²) in [6.45, 7) is 4.26. The van der Waals surface area contributed by atoms with Crippen molar-refractivity contribution in [1.29, 1.82) is 0 Å². The topological polar surface area (TPSA) is 0 Å². The van der Waals surface area contributed by atoms with E-state index < -0.39 is 7.92 Å². The van der Waals surface area contributed by atoms with Crippen LogP contribution in [0, 0.1) is 30.1 Å². The van der Waals surface area contributed by atoms with Crippen LogP contribution in [0.3, 0.4) is 0 Å². The highest BCUT2D eigenvalue weighted by atomic mass is 31.1. The molecule has 0 N–H and O–H groups in total. The lowest BCUT2D eigenvalue weighted by atomic mass is 10.3. The van der Waals surface area contributed by atoms with Gasteiger partial charge in [0.2, 0.25) is 0 Å². The number of hydrogen-bond donors (Lipinski definition) is 0. The maximum absolute atomic E-state index is 5.17. The Labute approximate surface area is 58.8 Å². The van der Waals surface area contributed by atoms with Gasteiger partial charge in [0.1, 0.15) is 0 Å².